The summed E-state index contributed by atoms with van der Waals surface area (Å²) < 4.78 is 13.7. The first-order valence-electron chi connectivity index (χ1n) is 6.23. The molecule has 2 N–H and O–H groups in total. The maximum atomic E-state index is 13.7. The zero-order chi connectivity index (χ0) is 14.5. The van der Waals surface area contributed by atoms with E-state index in [1.165, 1.54) is 24.5 Å². The molecule has 0 saturated heterocycles. The maximum Gasteiger partial charge on any atom is 0.276 e. The largest absolute Gasteiger partial charge is 0.369 e. The molecule has 0 saturated carbocycles. The number of anilines is 2. The molecule has 1 aromatic carbocycles. The van der Waals surface area contributed by atoms with Crippen LogP contribution in [0.25, 0.3) is 0 Å². The molecule has 0 unspecified atom stereocenters. The van der Waals surface area contributed by atoms with E-state index in [2.05, 4.69) is 20.6 Å². The van der Waals surface area contributed by atoms with E-state index >= 15 is 0 Å². The highest BCUT2D eigenvalue weighted by molar-refractivity contribution is 6.02. The van der Waals surface area contributed by atoms with Crippen LogP contribution in [-0.2, 0) is 0 Å². The molecule has 6 heteroatoms. The molecule has 0 aliphatic carbocycles. The van der Waals surface area contributed by atoms with Crippen LogP contribution >= 0.6 is 0 Å². The second-order valence-corrected chi connectivity index (χ2v) is 4.26. The highest BCUT2D eigenvalue weighted by Crippen LogP contribution is 2.16. The van der Waals surface area contributed by atoms with Gasteiger partial charge in [0.25, 0.3) is 5.91 Å². The zero-order valence-electron chi connectivity index (χ0n) is 11.3. The van der Waals surface area contributed by atoms with Crippen molar-refractivity contribution < 1.29 is 9.18 Å². The molecule has 0 radical (unpaired) electrons. The number of aryl methyl sites for hydroxylation is 1. The Labute approximate surface area is 116 Å². The summed E-state index contributed by atoms with van der Waals surface area (Å²) in [4.78, 5) is 20.0. The highest BCUT2D eigenvalue weighted by atomic mass is 19.1. The average Bonchev–Trinajstić information content (AvgIpc) is 2.42. The Bertz CT molecular complexity index is 630. The number of nitrogens with zero attached hydrogens (tertiary/aromatic N) is 2. The van der Waals surface area contributed by atoms with Gasteiger partial charge in [0, 0.05) is 6.54 Å². The lowest BCUT2D eigenvalue weighted by Crippen LogP contribution is -2.16. The van der Waals surface area contributed by atoms with Gasteiger partial charge in [-0.3, -0.25) is 9.78 Å². The number of nitrogens with one attached hydrogen (secondary N) is 2. The van der Waals surface area contributed by atoms with Gasteiger partial charge in [0.15, 0.2) is 0 Å². The number of carbonyl (C=O) groups excluding carboxylic acids is 1. The first-order chi connectivity index (χ1) is 9.60. The minimum Gasteiger partial charge on any atom is -0.369 e. The van der Waals surface area contributed by atoms with Crippen molar-refractivity contribution in [2.75, 3.05) is 17.2 Å². The Morgan fingerprint density at radius 3 is 2.85 bits per heavy atom. The van der Waals surface area contributed by atoms with Gasteiger partial charge in [-0.05, 0) is 31.5 Å². The number of carbonyl (C=O) groups is 1. The highest BCUT2D eigenvalue weighted by Gasteiger charge is 2.11. The number of halogens is 1. The molecular formula is C14H15FN4O. The minimum atomic E-state index is -0.500. The van der Waals surface area contributed by atoms with Gasteiger partial charge < -0.3 is 10.6 Å². The molecule has 2 rings (SSSR count). The molecule has 0 aliphatic rings. The van der Waals surface area contributed by atoms with Gasteiger partial charge in [0.2, 0.25) is 0 Å². The lowest BCUT2D eigenvalue weighted by Gasteiger charge is -2.07. The molecule has 0 fully saturated rings. The molecule has 0 aliphatic heterocycles. The van der Waals surface area contributed by atoms with Crippen molar-refractivity contribution in [3.8, 4) is 0 Å². The molecule has 1 amide bonds. The number of hydrogen-bond acceptors (Lipinski definition) is 4. The third-order valence-electron chi connectivity index (χ3n) is 2.60. The summed E-state index contributed by atoms with van der Waals surface area (Å²) >= 11 is 0. The van der Waals surface area contributed by atoms with E-state index < -0.39 is 11.7 Å². The zero-order valence-corrected chi connectivity index (χ0v) is 11.3. The standard InChI is InChI=1S/C14H15FN4O/c1-3-17-13-8-16-7-12(18-13)14(20)19-11-5-4-9(2)6-10(11)15/h4-8H,3H2,1-2H3,(H,17,18)(H,19,20). The monoisotopic (exact) mass is 274 g/mol. The lowest BCUT2D eigenvalue weighted by molar-refractivity contribution is 0.102. The van der Waals surface area contributed by atoms with Gasteiger partial charge >= 0.3 is 0 Å². The molecular weight excluding hydrogens is 259 g/mol. The Balaban J connectivity index is 2.17. The van der Waals surface area contributed by atoms with E-state index in [0.29, 0.717) is 12.4 Å². The van der Waals surface area contributed by atoms with Crippen LogP contribution in [0, 0.1) is 12.7 Å². The van der Waals surface area contributed by atoms with E-state index in [1.54, 1.807) is 13.0 Å². The van der Waals surface area contributed by atoms with Crippen LogP contribution in [0.1, 0.15) is 23.0 Å². The van der Waals surface area contributed by atoms with Crippen LogP contribution in [0.4, 0.5) is 15.9 Å². The third-order valence-corrected chi connectivity index (χ3v) is 2.60. The van der Waals surface area contributed by atoms with Crippen LogP contribution in [0.15, 0.2) is 30.6 Å². The lowest BCUT2D eigenvalue weighted by atomic mass is 10.2. The molecule has 0 spiro atoms. The molecule has 104 valence electrons. The third kappa shape index (κ3) is 3.28. The van der Waals surface area contributed by atoms with Crippen LogP contribution in [0.2, 0.25) is 0 Å². The van der Waals surface area contributed by atoms with Crippen molar-refractivity contribution >= 4 is 17.4 Å². The smallest absolute Gasteiger partial charge is 0.276 e. The number of benzene rings is 1. The summed E-state index contributed by atoms with van der Waals surface area (Å²) in [6, 6.07) is 4.60. The molecule has 0 atom stereocenters. The average molecular weight is 274 g/mol. The predicted octanol–water partition coefficient (Wildman–Crippen LogP) is 2.61. The fourth-order valence-electron chi connectivity index (χ4n) is 1.65. The van der Waals surface area contributed by atoms with E-state index in [0.717, 1.165) is 5.56 Å². The van der Waals surface area contributed by atoms with Crippen molar-refractivity contribution in [3.05, 3.63) is 47.7 Å². The van der Waals surface area contributed by atoms with Crippen LogP contribution in [-0.4, -0.2) is 22.4 Å². The first-order valence-corrected chi connectivity index (χ1v) is 6.23. The van der Waals surface area contributed by atoms with Gasteiger partial charge in [-0.15, -0.1) is 0 Å². The normalized spacial score (nSPS) is 10.2. The molecule has 1 heterocycles. The summed E-state index contributed by atoms with van der Waals surface area (Å²) in [5.41, 5.74) is 1.04. The number of amides is 1. The summed E-state index contributed by atoms with van der Waals surface area (Å²) in [6.45, 7) is 4.36. The van der Waals surface area contributed by atoms with E-state index in [9.17, 15) is 9.18 Å². The van der Waals surface area contributed by atoms with Gasteiger partial charge in [0.1, 0.15) is 17.3 Å². The summed E-state index contributed by atoms with van der Waals surface area (Å²) in [6.07, 6.45) is 2.86. The second kappa shape index (κ2) is 6.10. The van der Waals surface area contributed by atoms with Gasteiger partial charge in [-0.25, -0.2) is 9.37 Å². The van der Waals surface area contributed by atoms with E-state index in [-0.39, 0.29) is 11.4 Å². The van der Waals surface area contributed by atoms with Gasteiger partial charge in [-0.2, -0.15) is 0 Å². The predicted molar refractivity (Wildman–Crippen MR) is 75.3 cm³/mol. The minimum absolute atomic E-state index is 0.122. The van der Waals surface area contributed by atoms with Crippen molar-refractivity contribution in [3.63, 3.8) is 0 Å². The van der Waals surface area contributed by atoms with Crippen molar-refractivity contribution in [1.29, 1.82) is 0 Å². The van der Waals surface area contributed by atoms with Crippen LogP contribution in [0.3, 0.4) is 0 Å². The Morgan fingerprint density at radius 2 is 2.15 bits per heavy atom. The number of aromatic nitrogens is 2. The summed E-state index contributed by atoms with van der Waals surface area (Å²) in [5, 5.41) is 5.44. The molecule has 20 heavy (non-hydrogen) atoms. The van der Waals surface area contributed by atoms with Gasteiger partial charge in [0.05, 0.1) is 18.1 Å². The summed E-state index contributed by atoms with van der Waals surface area (Å²) in [7, 11) is 0. The second-order valence-electron chi connectivity index (χ2n) is 4.26. The Hall–Kier alpha value is -2.50. The van der Waals surface area contributed by atoms with Gasteiger partial charge in [-0.1, -0.05) is 6.07 Å². The topological polar surface area (TPSA) is 66.9 Å². The summed E-state index contributed by atoms with van der Waals surface area (Å²) in [5.74, 6) is -0.473. The van der Waals surface area contributed by atoms with Crippen molar-refractivity contribution in [1.82, 2.24) is 9.97 Å². The molecule has 0 bridgehead atoms. The Morgan fingerprint density at radius 1 is 1.35 bits per heavy atom. The van der Waals surface area contributed by atoms with Crippen molar-refractivity contribution in [2.24, 2.45) is 0 Å². The van der Waals surface area contributed by atoms with Crippen molar-refractivity contribution in [2.45, 2.75) is 13.8 Å². The number of rotatable bonds is 4. The fraction of sp³-hybridized carbons (Fsp3) is 0.214. The number of hydrogen-bond donors (Lipinski definition) is 2. The van der Waals surface area contributed by atoms with Crippen LogP contribution in [0.5, 0.6) is 0 Å². The van der Waals surface area contributed by atoms with Crippen LogP contribution < -0.4 is 10.6 Å². The van der Waals surface area contributed by atoms with E-state index in [1.807, 2.05) is 6.92 Å². The molecule has 5 nitrogen and oxygen atoms in total. The maximum absolute atomic E-state index is 13.7. The Kier molecular flexibility index (Phi) is 4.24. The first kappa shape index (κ1) is 13.9. The molecule has 1 aromatic heterocycles. The fourth-order valence-corrected chi connectivity index (χ4v) is 1.65. The quantitative estimate of drug-likeness (QED) is 0.899. The van der Waals surface area contributed by atoms with E-state index in [4.69, 9.17) is 0 Å². The molecule has 2 aromatic rings. The SMILES string of the molecule is CCNc1cncc(C(=O)Nc2ccc(C)cc2F)n1.